The molecule has 8 heteroatoms. The highest BCUT2D eigenvalue weighted by atomic mass is 16.5. The fraction of sp³-hybridized carbons (Fsp3) is 0.136. The lowest BCUT2D eigenvalue weighted by Crippen LogP contribution is -2.34. The van der Waals surface area contributed by atoms with Crippen molar-refractivity contribution in [2.75, 3.05) is 16.0 Å². The predicted octanol–water partition coefficient (Wildman–Crippen LogP) is 3.81. The van der Waals surface area contributed by atoms with E-state index in [1.807, 2.05) is 6.92 Å². The fourth-order valence-electron chi connectivity index (χ4n) is 2.98. The van der Waals surface area contributed by atoms with E-state index < -0.39 is 12.0 Å². The molecule has 1 aromatic heterocycles. The van der Waals surface area contributed by atoms with Crippen LogP contribution in [0.25, 0.3) is 0 Å². The Morgan fingerprint density at radius 2 is 1.87 bits per heavy atom. The van der Waals surface area contributed by atoms with Crippen LogP contribution in [-0.4, -0.2) is 23.8 Å². The van der Waals surface area contributed by atoms with Crippen molar-refractivity contribution in [2.45, 2.75) is 20.0 Å². The molecule has 30 heavy (non-hydrogen) atoms. The van der Waals surface area contributed by atoms with Crippen LogP contribution in [0.2, 0.25) is 0 Å². The first kappa shape index (κ1) is 19.3. The molecule has 152 valence electrons. The summed E-state index contributed by atoms with van der Waals surface area (Å²) in [6, 6.07) is 13.2. The number of benzene rings is 2. The third-order valence-corrected chi connectivity index (χ3v) is 4.66. The smallest absolute Gasteiger partial charge is 0.291 e. The third-order valence-electron chi connectivity index (χ3n) is 4.66. The zero-order valence-corrected chi connectivity index (χ0v) is 16.3. The lowest BCUT2D eigenvalue weighted by atomic mass is 10.1. The minimum absolute atomic E-state index is 0.178. The van der Waals surface area contributed by atoms with E-state index in [-0.39, 0.29) is 17.6 Å². The lowest BCUT2D eigenvalue weighted by Gasteiger charge is -2.23. The molecule has 0 radical (unpaired) electrons. The zero-order chi connectivity index (χ0) is 21.3. The summed E-state index contributed by atoms with van der Waals surface area (Å²) >= 11 is 0. The number of anilines is 3. The van der Waals surface area contributed by atoms with Gasteiger partial charge in [0.2, 0.25) is 0 Å². The standard InChI is InChI=1S/C22H19N3O5/c1-12-5-6-14(10-16(12)24-22(28)19-4-3-9-29-19)21(27)23-15-7-8-18-17(11-15)25-20(26)13(2)30-18/h3-11,13H,1-2H3,(H,23,27)(H,24,28)(H,25,26). The van der Waals surface area contributed by atoms with Crippen LogP contribution in [0, 0.1) is 6.92 Å². The number of amides is 3. The van der Waals surface area contributed by atoms with Crippen LogP contribution in [0.1, 0.15) is 33.4 Å². The van der Waals surface area contributed by atoms with Gasteiger partial charge in [-0.1, -0.05) is 6.07 Å². The molecule has 0 bridgehead atoms. The molecule has 1 aliphatic heterocycles. The number of carbonyl (C=O) groups is 3. The van der Waals surface area contributed by atoms with E-state index in [0.717, 1.165) is 5.56 Å². The first-order valence-electron chi connectivity index (χ1n) is 9.29. The number of hydrogen-bond donors (Lipinski definition) is 3. The highest BCUT2D eigenvalue weighted by Crippen LogP contribution is 2.32. The van der Waals surface area contributed by atoms with Gasteiger partial charge in [-0.25, -0.2) is 0 Å². The molecule has 1 unspecified atom stereocenters. The largest absolute Gasteiger partial charge is 0.479 e. The van der Waals surface area contributed by atoms with Crippen molar-refractivity contribution in [1.29, 1.82) is 0 Å². The first-order valence-corrected chi connectivity index (χ1v) is 9.29. The number of hydrogen-bond acceptors (Lipinski definition) is 5. The summed E-state index contributed by atoms with van der Waals surface area (Å²) in [5.74, 6) is -0.295. The van der Waals surface area contributed by atoms with Gasteiger partial charge in [-0.2, -0.15) is 0 Å². The van der Waals surface area contributed by atoms with E-state index >= 15 is 0 Å². The number of nitrogens with one attached hydrogen (secondary N) is 3. The van der Waals surface area contributed by atoms with Crippen molar-refractivity contribution < 1.29 is 23.5 Å². The quantitative estimate of drug-likeness (QED) is 0.611. The van der Waals surface area contributed by atoms with Gasteiger partial charge < -0.3 is 25.1 Å². The molecule has 2 aromatic carbocycles. The van der Waals surface area contributed by atoms with Gasteiger partial charge in [0.1, 0.15) is 5.75 Å². The third kappa shape index (κ3) is 3.88. The number of aryl methyl sites for hydroxylation is 1. The molecule has 0 fully saturated rings. The van der Waals surface area contributed by atoms with Crippen molar-refractivity contribution >= 4 is 34.8 Å². The van der Waals surface area contributed by atoms with E-state index in [9.17, 15) is 14.4 Å². The number of furan rings is 1. The first-order chi connectivity index (χ1) is 14.4. The normalized spacial score (nSPS) is 14.9. The molecule has 1 atom stereocenters. The van der Waals surface area contributed by atoms with Crippen LogP contribution in [0.4, 0.5) is 17.1 Å². The molecule has 0 spiro atoms. The number of carbonyl (C=O) groups excluding carboxylic acids is 3. The van der Waals surface area contributed by atoms with Gasteiger partial charge >= 0.3 is 0 Å². The molecule has 3 N–H and O–H groups in total. The molecule has 0 aliphatic carbocycles. The van der Waals surface area contributed by atoms with Crippen LogP contribution in [0.5, 0.6) is 5.75 Å². The Bertz CT molecular complexity index is 1140. The highest BCUT2D eigenvalue weighted by Gasteiger charge is 2.23. The predicted molar refractivity (Wildman–Crippen MR) is 111 cm³/mol. The average Bonchev–Trinajstić information content (AvgIpc) is 3.26. The van der Waals surface area contributed by atoms with E-state index in [0.29, 0.717) is 28.4 Å². The van der Waals surface area contributed by atoms with Crippen molar-refractivity contribution in [2.24, 2.45) is 0 Å². The van der Waals surface area contributed by atoms with Crippen LogP contribution in [0.15, 0.2) is 59.2 Å². The molecule has 3 aromatic rings. The SMILES string of the molecule is Cc1ccc(C(=O)Nc2ccc3c(c2)NC(=O)C(C)O3)cc1NC(=O)c1ccco1. The number of fused-ring (bicyclic) bond motifs is 1. The maximum Gasteiger partial charge on any atom is 0.291 e. The van der Waals surface area contributed by atoms with Crippen molar-refractivity contribution in [3.8, 4) is 5.75 Å². The number of ether oxygens (including phenoxy) is 1. The molecular formula is C22H19N3O5. The average molecular weight is 405 g/mol. The van der Waals surface area contributed by atoms with Crippen molar-refractivity contribution in [3.05, 3.63) is 71.7 Å². The summed E-state index contributed by atoms with van der Waals surface area (Å²) in [5, 5.41) is 8.27. The molecule has 3 amide bonds. The van der Waals surface area contributed by atoms with Gasteiger partial charge in [0.25, 0.3) is 17.7 Å². The lowest BCUT2D eigenvalue weighted by molar-refractivity contribution is -0.122. The molecule has 8 nitrogen and oxygen atoms in total. The Morgan fingerprint density at radius 3 is 2.63 bits per heavy atom. The van der Waals surface area contributed by atoms with Crippen molar-refractivity contribution in [3.63, 3.8) is 0 Å². The van der Waals surface area contributed by atoms with E-state index in [4.69, 9.17) is 9.15 Å². The van der Waals surface area contributed by atoms with E-state index in [2.05, 4.69) is 16.0 Å². The molecule has 0 saturated heterocycles. The summed E-state index contributed by atoms with van der Waals surface area (Å²) in [4.78, 5) is 36.7. The summed E-state index contributed by atoms with van der Waals surface area (Å²) < 4.78 is 10.6. The van der Waals surface area contributed by atoms with Crippen LogP contribution in [0.3, 0.4) is 0 Å². The van der Waals surface area contributed by atoms with Gasteiger partial charge in [0.05, 0.1) is 12.0 Å². The Balaban J connectivity index is 1.51. The Morgan fingerprint density at radius 1 is 1.03 bits per heavy atom. The molecule has 4 rings (SSSR count). The van der Waals surface area contributed by atoms with Crippen LogP contribution < -0.4 is 20.7 Å². The summed E-state index contributed by atoms with van der Waals surface area (Å²) in [5.41, 5.74) is 2.66. The maximum absolute atomic E-state index is 12.7. The van der Waals surface area contributed by atoms with Gasteiger partial charge in [0.15, 0.2) is 11.9 Å². The van der Waals surface area contributed by atoms with Gasteiger partial charge in [-0.05, 0) is 61.9 Å². The van der Waals surface area contributed by atoms with Gasteiger partial charge in [-0.15, -0.1) is 0 Å². The monoisotopic (exact) mass is 405 g/mol. The number of rotatable bonds is 4. The zero-order valence-electron chi connectivity index (χ0n) is 16.3. The summed E-state index contributed by atoms with van der Waals surface area (Å²) in [6.07, 6.45) is 0.846. The maximum atomic E-state index is 12.7. The van der Waals surface area contributed by atoms with Crippen LogP contribution in [-0.2, 0) is 4.79 Å². The summed E-state index contributed by atoms with van der Waals surface area (Å²) in [7, 11) is 0. The van der Waals surface area contributed by atoms with Gasteiger partial charge in [0, 0.05) is 16.9 Å². The molecule has 1 aliphatic rings. The van der Waals surface area contributed by atoms with Crippen LogP contribution >= 0.6 is 0 Å². The Kier molecular flexibility index (Phi) is 4.97. The fourth-order valence-corrected chi connectivity index (χ4v) is 2.98. The highest BCUT2D eigenvalue weighted by molar-refractivity contribution is 6.07. The molecule has 2 heterocycles. The molecular weight excluding hydrogens is 386 g/mol. The topological polar surface area (TPSA) is 110 Å². The second-order valence-electron chi connectivity index (χ2n) is 6.88. The second kappa shape index (κ2) is 7.75. The van der Waals surface area contributed by atoms with Gasteiger partial charge in [-0.3, -0.25) is 14.4 Å². The second-order valence-corrected chi connectivity index (χ2v) is 6.88. The minimum atomic E-state index is -0.569. The summed E-state index contributed by atoms with van der Waals surface area (Å²) in [6.45, 7) is 3.49. The van der Waals surface area contributed by atoms with E-state index in [1.165, 1.54) is 6.26 Å². The van der Waals surface area contributed by atoms with E-state index in [1.54, 1.807) is 55.5 Å². The minimum Gasteiger partial charge on any atom is -0.479 e. The Hall–Kier alpha value is -4.07. The Labute approximate surface area is 172 Å². The molecule has 0 saturated carbocycles. The van der Waals surface area contributed by atoms with Crippen molar-refractivity contribution in [1.82, 2.24) is 0 Å².